The Morgan fingerprint density at radius 2 is 1.92 bits per heavy atom. The molecule has 0 fully saturated rings. The number of carbonyl (C=O) groups excluding carboxylic acids is 3. The van der Waals surface area contributed by atoms with E-state index in [1.54, 1.807) is 24.1 Å². The summed E-state index contributed by atoms with van der Waals surface area (Å²) in [5, 5.41) is 11.9. The Hall–Kier alpha value is -2.67. The van der Waals surface area contributed by atoms with Crippen LogP contribution in [0.3, 0.4) is 0 Å². The molecule has 1 aromatic carbocycles. The van der Waals surface area contributed by atoms with Crippen molar-refractivity contribution in [2.24, 2.45) is 0 Å². The van der Waals surface area contributed by atoms with Crippen LogP contribution in [0.4, 0.5) is 11.4 Å². The minimum absolute atomic E-state index is 0.00936. The quantitative estimate of drug-likeness (QED) is 0.790. The number of aliphatic hydroxyl groups is 1. The summed E-state index contributed by atoms with van der Waals surface area (Å²) in [5.41, 5.74) is 1.88. The Labute approximate surface area is 139 Å². The number of rotatable bonds is 4. The average Bonchev–Trinajstić information content (AvgIpc) is 2.89. The number of nitrogens with one attached hydrogen (secondary N) is 1. The van der Waals surface area contributed by atoms with E-state index < -0.39 is 17.2 Å². The first-order chi connectivity index (χ1) is 11.3. The Bertz CT molecular complexity index is 782. The number of benzene rings is 1. The third-order valence-corrected chi connectivity index (χ3v) is 4.48. The first-order valence-electron chi connectivity index (χ1n) is 7.65. The van der Waals surface area contributed by atoms with Crippen LogP contribution in [-0.4, -0.2) is 47.9 Å². The predicted octanol–water partition coefficient (Wildman–Crippen LogP) is 0.598. The molecule has 0 bridgehead atoms. The number of likely N-dealkylation sites (N-methyl/N-ethyl adjacent to an activating group) is 1. The average molecular weight is 329 g/mol. The maximum absolute atomic E-state index is 12.3. The van der Waals surface area contributed by atoms with Crippen molar-refractivity contribution in [3.05, 3.63) is 35.5 Å². The van der Waals surface area contributed by atoms with Gasteiger partial charge in [-0.2, -0.15) is 0 Å². The topological polar surface area (TPSA) is 90.0 Å². The highest BCUT2D eigenvalue weighted by molar-refractivity contribution is 6.17. The van der Waals surface area contributed by atoms with Crippen molar-refractivity contribution in [3.8, 4) is 0 Å². The van der Waals surface area contributed by atoms with Gasteiger partial charge in [0.15, 0.2) is 0 Å². The number of anilines is 2. The van der Waals surface area contributed by atoms with Crippen molar-refractivity contribution in [2.75, 3.05) is 30.4 Å². The fourth-order valence-electron chi connectivity index (χ4n) is 3.12. The SMILES string of the molecule is CN1C(=O)C(C)(C)c2ccc(NC3=CC(=O)N(CCO)C3=O)cc21. The highest BCUT2D eigenvalue weighted by Gasteiger charge is 2.42. The number of nitrogens with zero attached hydrogens (tertiary/aromatic N) is 2. The van der Waals surface area contributed by atoms with E-state index in [1.807, 2.05) is 19.9 Å². The highest BCUT2D eigenvalue weighted by atomic mass is 16.3. The van der Waals surface area contributed by atoms with E-state index in [-0.39, 0.29) is 24.8 Å². The van der Waals surface area contributed by atoms with Gasteiger partial charge in [0.25, 0.3) is 11.8 Å². The number of amides is 3. The van der Waals surface area contributed by atoms with Crippen LogP contribution in [0.15, 0.2) is 30.0 Å². The van der Waals surface area contributed by atoms with E-state index in [0.29, 0.717) is 5.69 Å². The lowest BCUT2D eigenvalue weighted by Crippen LogP contribution is -2.34. The number of hydrogen-bond acceptors (Lipinski definition) is 5. The summed E-state index contributed by atoms with van der Waals surface area (Å²) in [6.45, 7) is 3.44. The molecule has 1 aromatic rings. The maximum atomic E-state index is 12.3. The number of fused-ring (bicyclic) bond motifs is 1. The summed E-state index contributed by atoms with van der Waals surface area (Å²) >= 11 is 0. The van der Waals surface area contributed by atoms with E-state index in [0.717, 1.165) is 16.2 Å². The van der Waals surface area contributed by atoms with E-state index >= 15 is 0 Å². The minimum Gasteiger partial charge on any atom is -0.395 e. The van der Waals surface area contributed by atoms with Gasteiger partial charge < -0.3 is 15.3 Å². The number of hydrogen-bond donors (Lipinski definition) is 2. The van der Waals surface area contributed by atoms with Crippen molar-refractivity contribution >= 4 is 29.1 Å². The molecular formula is C17H19N3O4. The van der Waals surface area contributed by atoms with Gasteiger partial charge in [-0.25, -0.2) is 0 Å². The number of β-amino-alcohol motifs (C(OH)–C–C–N with tert-alkyl or cyclic N) is 1. The van der Waals surface area contributed by atoms with Crippen LogP contribution < -0.4 is 10.2 Å². The fourth-order valence-corrected chi connectivity index (χ4v) is 3.12. The molecule has 7 heteroatoms. The zero-order chi connectivity index (χ0) is 17.6. The lowest BCUT2D eigenvalue weighted by molar-refractivity contribution is -0.137. The second-order valence-electron chi connectivity index (χ2n) is 6.42. The first-order valence-corrected chi connectivity index (χ1v) is 7.65. The molecule has 3 rings (SSSR count). The molecule has 2 N–H and O–H groups in total. The smallest absolute Gasteiger partial charge is 0.277 e. The summed E-state index contributed by atoms with van der Waals surface area (Å²) in [5.74, 6) is -0.916. The number of aliphatic hydroxyl groups excluding tert-OH is 1. The van der Waals surface area contributed by atoms with E-state index in [4.69, 9.17) is 5.11 Å². The lowest BCUT2D eigenvalue weighted by atomic mass is 9.86. The first kappa shape index (κ1) is 16.2. The maximum Gasteiger partial charge on any atom is 0.277 e. The van der Waals surface area contributed by atoms with Gasteiger partial charge >= 0.3 is 0 Å². The van der Waals surface area contributed by atoms with Crippen LogP contribution in [0.1, 0.15) is 19.4 Å². The van der Waals surface area contributed by atoms with Crippen molar-refractivity contribution in [1.82, 2.24) is 4.90 Å². The van der Waals surface area contributed by atoms with Gasteiger partial charge in [-0.3, -0.25) is 19.3 Å². The lowest BCUT2D eigenvalue weighted by Gasteiger charge is -2.16. The number of carbonyl (C=O) groups is 3. The second-order valence-corrected chi connectivity index (χ2v) is 6.42. The zero-order valence-corrected chi connectivity index (χ0v) is 13.8. The van der Waals surface area contributed by atoms with Crippen LogP contribution in [0, 0.1) is 0 Å². The molecule has 24 heavy (non-hydrogen) atoms. The largest absolute Gasteiger partial charge is 0.395 e. The summed E-state index contributed by atoms with van der Waals surface area (Å²) in [6.07, 6.45) is 1.21. The molecule has 0 aliphatic carbocycles. The van der Waals surface area contributed by atoms with Crippen LogP contribution in [-0.2, 0) is 19.8 Å². The van der Waals surface area contributed by atoms with Crippen molar-refractivity contribution in [1.29, 1.82) is 0 Å². The van der Waals surface area contributed by atoms with Gasteiger partial charge in [0.1, 0.15) is 5.70 Å². The predicted molar refractivity (Wildman–Crippen MR) is 88.4 cm³/mol. The Morgan fingerprint density at radius 3 is 2.58 bits per heavy atom. The van der Waals surface area contributed by atoms with Gasteiger partial charge in [0.2, 0.25) is 5.91 Å². The molecule has 2 aliphatic heterocycles. The van der Waals surface area contributed by atoms with Crippen LogP contribution >= 0.6 is 0 Å². The van der Waals surface area contributed by atoms with E-state index in [9.17, 15) is 14.4 Å². The molecule has 0 atom stereocenters. The summed E-state index contributed by atoms with van der Waals surface area (Å²) < 4.78 is 0. The van der Waals surface area contributed by atoms with Gasteiger partial charge in [0, 0.05) is 24.5 Å². The third-order valence-electron chi connectivity index (χ3n) is 4.48. The third kappa shape index (κ3) is 2.28. The Balaban J connectivity index is 1.87. The normalized spacial score (nSPS) is 19.0. The van der Waals surface area contributed by atoms with E-state index in [2.05, 4.69) is 5.32 Å². The molecule has 0 saturated carbocycles. The van der Waals surface area contributed by atoms with Crippen molar-refractivity contribution in [2.45, 2.75) is 19.3 Å². The molecule has 0 aromatic heterocycles. The van der Waals surface area contributed by atoms with Gasteiger partial charge in [-0.1, -0.05) is 6.07 Å². The molecule has 0 unspecified atom stereocenters. The van der Waals surface area contributed by atoms with Gasteiger partial charge in [-0.05, 0) is 31.5 Å². The molecule has 126 valence electrons. The monoisotopic (exact) mass is 329 g/mol. The fraction of sp³-hybridized carbons (Fsp3) is 0.353. The van der Waals surface area contributed by atoms with Crippen LogP contribution in [0.5, 0.6) is 0 Å². The van der Waals surface area contributed by atoms with Crippen LogP contribution in [0.2, 0.25) is 0 Å². The summed E-state index contributed by atoms with van der Waals surface area (Å²) in [4.78, 5) is 38.8. The van der Waals surface area contributed by atoms with Crippen molar-refractivity contribution in [3.63, 3.8) is 0 Å². The van der Waals surface area contributed by atoms with Crippen LogP contribution in [0.25, 0.3) is 0 Å². The molecular weight excluding hydrogens is 310 g/mol. The molecule has 2 aliphatic rings. The standard InChI is InChI=1S/C17H19N3O4/c1-17(2)11-5-4-10(8-13(11)19(3)16(17)24)18-12-9-14(22)20(6-7-21)15(12)23/h4-5,8-9,18,21H,6-7H2,1-3H3. The molecule has 2 heterocycles. The van der Waals surface area contributed by atoms with Gasteiger partial charge in [-0.15, -0.1) is 0 Å². The van der Waals surface area contributed by atoms with Gasteiger partial charge in [0.05, 0.1) is 18.6 Å². The molecule has 0 radical (unpaired) electrons. The molecule has 3 amide bonds. The molecule has 0 saturated heterocycles. The highest BCUT2D eigenvalue weighted by Crippen LogP contribution is 2.42. The van der Waals surface area contributed by atoms with Crippen molar-refractivity contribution < 1.29 is 19.5 Å². The zero-order valence-electron chi connectivity index (χ0n) is 13.8. The summed E-state index contributed by atoms with van der Waals surface area (Å²) in [7, 11) is 1.71. The second kappa shape index (κ2) is 5.45. The summed E-state index contributed by atoms with van der Waals surface area (Å²) in [6, 6.07) is 5.42. The number of imide groups is 1. The Morgan fingerprint density at radius 1 is 1.21 bits per heavy atom. The molecule has 0 spiro atoms. The Kier molecular flexibility index (Phi) is 3.68. The minimum atomic E-state index is -0.584. The van der Waals surface area contributed by atoms with E-state index in [1.165, 1.54) is 6.08 Å². The molecule has 7 nitrogen and oxygen atoms in total.